The molecule has 1 aromatic heterocycles. The highest BCUT2D eigenvalue weighted by Crippen LogP contribution is 2.26. The Kier molecular flexibility index (Phi) is 3.26. The molecule has 1 nitrogen and oxygen atoms in total. The first-order chi connectivity index (χ1) is 7.42. The smallest absolute Gasteiger partial charge is 0.0420 e. The zero-order chi connectivity index (χ0) is 10.5. The molecule has 1 N–H and O–H groups in total. The van der Waals surface area contributed by atoms with Crippen LogP contribution in [0.5, 0.6) is 0 Å². The molecule has 0 bridgehead atoms. The van der Waals surface area contributed by atoms with E-state index in [1.165, 1.54) is 16.2 Å². The Balaban J connectivity index is 2.83. The number of rotatable bonds is 1. The van der Waals surface area contributed by atoms with Crippen LogP contribution in [-0.2, 0) is 0 Å². The van der Waals surface area contributed by atoms with Crippen LogP contribution in [-0.4, -0.2) is 7.05 Å². The molecular formula is C13H14NP. The van der Waals surface area contributed by atoms with Gasteiger partial charge >= 0.3 is 0 Å². The minimum Gasteiger partial charge on any atom is -0.388 e. The molecule has 2 rings (SSSR count). The molecule has 0 aliphatic heterocycles. The van der Waals surface area contributed by atoms with Crippen LogP contribution in [0.2, 0.25) is 0 Å². The summed E-state index contributed by atoms with van der Waals surface area (Å²) in [6.45, 7) is 0. The minimum absolute atomic E-state index is 0.733. The molecule has 0 fully saturated rings. The second kappa shape index (κ2) is 4.86. The Morgan fingerprint density at radius 2 is 1.80 bits per heavy atom. The number of hydrogen-bond donors (Lipinski definition) is 1. The topological polar surface area (TPSA) is 12.0 Å². The molecule has 1 unspecified atom stereocenters. The molecule has 0 saturated heterocycles. The Morgan fingerprint density at radius 3 is 2.67 bits per heavy atom. The van der Waals surface area contributed by atoms with Crippen LogP contribution in [0.1, 0.15) is 0 Å². The van der Waals surface area contributed by atoms with Crippen molar-refractivity contribution in [2.24, 2.45) is 0 Å². The van der Waals surface area contributed by atoms with E-state index < -0.39 is 0 Å². The van der Waals surface area contributed by atoms with Crippen molar-refractivity contribution in [2.75, 3.05) is 12.4 Å². The normalized spacial score (nSPS) is 10.2. The zero-order valence-electron chi connectivity index (χ0n) is 8.70. The van der Waals surface area contributed by atoms with E-state index in [1.54, 1.807) is 0 Å². The van der Waals surface area contributed by atoms with Crippen LogP contribution in [0, 0.1) is 0 Å². The molecule has 1 aromatic carbocycles. The fraction of sp³-hybridized carbons (Fsp3) is 0.0769. The van der Waals surface area contributed by atoms with Crippen molar-refractivity contribution in [3.63, 3.8) is 0 Å². The van der Waals surface area contributed by atoms with Crippen LogP contribution >= 0.6 is 8.19 Å². The lowest BCUT2D eigenvalue weighted by atomic mass is 10.2. The molecule has 0 amide bonds. The average Bonchev–Trinajstić information content (AvgIpc) is 2.39. The molecule has 1 heterocycles. The third-order valence-corrected chi connectivity index (χ3v) is 3.41. The number of hydrogen-bond acceptors (Lipinski definition) is 1. The largest absolute Gasteiger partial charge is 0.388 e. The molecular weight excluding hydrogens is 201 g/mol. The molecule has 15 heavy (non-hydrogen) atoms. The van der Waals surface area contributed by atoms with Gasteiger partial charge in [-0.15, -0.1) is 8.19 Å². The molecule has 1 atom stereocenters. The first-order valence-electron chi connectivity index (χ1n) is 4.99. The third kappa shape index (κ3) is 2.31. The molecule has 0 saturated carbocycles. The van der Waals surface area contributed by atoms with Crippen LogP contribution in [0.3, 0.4) is 0 Å². The molecule has 0 radical (unpaired) electrons. The second-order valence-corrected chi connectivity index (χ2v) is 4.42. The van der Waals surface area contributed by atoms with Gasteiger partial charge in [0.05, 0.1) is 0 Å². The summed E-state index contributed by atoms with van der Waals surface area (Å²) in [6, 6.07) is 16.9. The first kappa shape index (κ1) is 10.1. The Labute approximate surface area is 91.6 Å². The predicted octanol–water partition coefficient (Wildman–Crippen LogP) is 4.04. The maximum Gasteiger partial charge on any atom is 0.0420 e. The van der Waals surface area contributed by atoms with Crippen LogP contribution < -0.4 is 5.32 Å². The molecule has 76 valence electrons. The van der Waals surface area contributed by atoms with E-state index in [1.807, 2.05) is 7.05 Å². The summed E-state index contributed by atoms with van der Waals surface area (Å²) in [7, 11) is 2.70. The van der Waals surface area contributed by atoms with Crippen molar-refractivity contribution in [3.8, 4) is 0 Å². The van der Waals surface area contributed by atoms with E-state index >= 15 is 0 Å². The molecule has 2 heteroatoms. The highest BCUT2D eigenvalue weighted by molar-refractivity contribution is 7.35. The summed E-state index contributed by atoms with van der Waals surface area (Å²) in [5.41, 5.74) is 1.19. The Hall–Kier alpha value is -1.46. The number of benzene rings is 1. The van der Waals surface area contributed by atoms with Gasteiger partial charge in [0.25, 0.3) is 0 Å². The van der Waals surface area contributed by atoms with Crippen molar-refractivity contribution in [3.05, 3.63) is 54.3 Å². The van der Waals surface area contributed by atoms with E-state index in [2.05, 4.69) is 59.6 Å². The number of nitrogens with one attached hydrogen (secondary N) is 1. The van der Waals surface area contributed by atoms with Crippen molar-refractivity contribution in [1.29, 1.82) is 0 Å². The number of anilines is 1. The van der Waals surface area contributed by atoms with Gasteiger partial charge in [-0.3, -0.25) is 0 Å². The van der Waals surface area contributed by atoms with Crippen molar-refractivity contribution >= 4 is 24.4 Å². The van der Waals surface area contributed by atoms with Gasteiger partial charge in [0, 0.05) is 23.2 Å². The summed E-state index contributed by atoms with van der Waals surface area (Å²) in [5.74, 6) is 2.21. The van der Waals surface area contributed by atoms with E-state index in [0.717, 1.165) is 8.19 Å². The molecule has 0 spiro atoms. The van der Waals surface area contributed by atoms with Gasteiger partial charge in [-0.25, -0.2) is 0 Å². The Bertz CT molecular complexity index is 501. The number of fused-ring (bicyclic) bond motifs is 1. The van der Waals surface area contributed by atoms with Crippen molar-refractivity contribution < 1.29 is 0 Å². The lowest BCUT2D eigenvalue weighted by molar-refractivity contribution is 1.55. The maximum absolute atomic E-state index is 3.23. The van der Waals surface area contributed by atoms with Crippen LogP contribution in [0.25, 0.3) is 10.5 Å². The highest BCUT2D eigenvalue weighted by atomic mass is 31.0. The first-order valence-corrected chi connectivity index (χ1v) is 6.07. The van der Waals surface area contributed by atoms with Crippen LogP contribution in [0.4, 0.5) is 5.69 Å². The van der Waals surface area contributed by atoms with Gasteiger partial charge in [0.2, 0.25) is 0 Å². The monoisotopic (exact) mass is 215 g/mol. The van der Waals surface area contributed by atoms with E-state index in [0.29, 0.717) is 0 Å². The predicted molar refractivity (Wildman–Crippen MR) is 70.6 cm³/mol. The van der Waals surface area contributed by atoms with Crippen molar-refractivity contribution in [1.82, 2.24) is 0 Å². The summed E-state index contributed by atoms with van der Waals surface area (Å²) in [6.07, 6.45) is 0. The third-order valence-electron chi connectivity index (χ3n) is 2.31. The van der Waals surface area contributed by atoms with Gasteiger partial charge in [-0.1, -0.05) is 42.5 Å². The molecule has 0 aliphatic carbocycles. The second-order valence-electron chi connectivity index (χ2n) is 3.26. The fourth-order valence-corrected chi connectivity index (χ4v) is 2.52. The average molecular weight is 215 g/mol. The van der Waals surface area contributed by atoms with E-state index in [9.17, 15) is 0 Å². The van der Waals surface area contributed by atoms with Gasteiger partial charge in [-0.2, -0.15) is 0 Å². The van der Waals surface area contributed by atoms with Gasteiger partial charge in [0.1, 0.15) is 0 Å². The lowest BCUT2D eigenvalue weighted by Gasteiger charge is -2.02. The fourth-order valence-electron chi connectivity index (χ4n) is 1.56. The van der Waals surface area contributed by atoms with Gasteiger partial charge in [0.15, 0.2) is 0 Å². The summed E-state index contributed by atoms with van der Waals surface area (Å²) >= 11 is 0. The Morgan fingerprint density at radius 1 is 0.933 bits per heavy atom. The molecule has 2 aromatic rings. The van der Waals surface area contributed by atoms with Gasteiger partial charge < -0.3 is 5.32 Å². The van der Waals surface area contributed by atoms with Gasteiger partial charge in [-0.05, 0) is 11.9 Å². The maximum atomic E-state index is 3.23. The van der Waals surface area contributed by atoms with E-state index in [-0.39, 0.29) is 0 Å². The summed E-state index contributed by atoms with van der Waals surface area (Å²) in [5, 5.41) is 5.92. The SMILES string of the molecule is CNc1cccc2[pH]ccccccc12. The highest BCUT2D eigenvalue weighted by Gasteiger charge is 1.94. The van der Waals surface area contributed by atoms with Crippen molar-refractivity contribution in [2.45, 2.75) is 0 Å². The zero-order valence-corrected chi connectivity index (χ0v) is 9.70. The van der Waals surface area contributed by atoms with E-state index in [4.69, 9.17) is 0 Å². The quantitative estimate of drug-likeness (QED) is 0.757. The standard InChI is InChI=1S/C13H14NP/c1-14-12-8-6-9-13-11(12)7-4-2-3-5-10-15-13/h2-10,14-15H,1H3. The minimum atomic E-state index is 0.733. The molecule has 0 aliphatic rings. The summed E-state index contributed by atoms with van der Waals surface area (Å²) < 4.78 is 0. The summed E-state index contributed by atoms with van der Waals surface area (Å²) in [4.78, 5) is 0. The lowest BCUT2D eigenvalue weighted by Crippen LogP contribution is -1.86. The van der Waals surface area contributed by atoms with Crippen LogP contribution in [0.15, 0.2) is 54.3 Å².